The summed E-state index contributed by atoms with van der Waals surface area (Å²) in [6.07, 6.45) is 1.60. The number of carbonyl (C=O) groups excluding carboxylic acids is 1. The van der Waals surface area contributed by atoms with Gasteiger partial charge in [-0.05, 0) is 57.0 Å². The van der Waals surface area contributed by atoms with E-state index in [0.29, 0.717) is 28.8 Å². The lowest BCUT2D eigenvalue weighted by Crippen LogP contribution is -2.35. The third-order valence-electron chi connectivity index (χ3n) is 5.17. The summed E-state index contributed by atoms with van der Waals surface area (Å²) in [6.45, 7) is 8.69. The smallest absolute Gasteiger partial charge is 0.249 e. The molecule has 33 heavy (non-hydrogen) atoms. The summed E-state index contributed by atoms with van der Waals surface area (Å²) in [7, 11) is 1.63. The third kappa shape index (κ3) is 6.57. The molecule has 0 unspecified atom stereocenters. The Balaban J connectivity index is 1.75. The summed E-state index contributed by atoms with van der Waals surface area (Å²) in [6, 6.07) is 13.2. The van der Waals surface area contributed by atoms with Crippen LogP contribution in [0.25, 0.3) is 0 Å². The zero-order chi connectivity index (χ0) is 24.0. The molecule has 0 aliphatic rings. The van der Waals surface area contributed by atoms with Crippen molar-refractivity contribution in [2.24, 2.45) is 0 Å². The van der Waals surface area contributed by atoms with Gasteiger partial charge in [-0.15, -0.1) is 0 Å². The third-order valence-corrected chi connectivity index (χ3v) is 5.40. The largest absolute Gasteiger partial charge is 0.454 e. The zero-order valence-electron chi connectivity index (χ0n) is 19.6. The molecule has 3 rings (SSSR count). The van der Waals surface area contributed by atoms with Gasteiger partial charge in [-0.2, -0.15) is 5.10 Å². The van der Waals surface area contributed by atoms with Crippen LogP contribution in [0.4, 0.5) is 0 Å². The Morgan fingerprint density at radius 1 is 1.18 bits per heavy atom. The maximum absolute atomic E-state index is 12.8. The second-order valence-electron chi connectivity index (χ2n) is 8.59. The average Bonchev–Trinajstić information content (AvgIpc) is 3.12. The van der Waals surface area contributed by atoms with Crippen molar-refractivity contribution in [1.82, 2.24) is 15.3 Å². The highest BCUT2D eigenvalue weighted by Gasteiger charge is 2.28. The van der Waals surface area contributed by atoms with E-state index in [1.165, 1.54) is 5.56 Å². The highest BCUT2D eigenvalue weighted by atomic mass is 35.5. The van der Waals surface area contributed by atoms with E-state index in [1.807, 2.05) is 39.8 Å². The van der Waals surface area contributed by atoms with E-state index in [4.69, 9.17) is 25.9 Å². The normalized spacial score (nSPS) is 11.5. The van der Waals surface area contributed by atoms with Crippen molar-refractivity contribution in [3.05, 3.63) is 76.1 Å². The fourth-order valence-corrected chi connectivity index (χ4v) is 3.77. The quantitative estimate of drug-likeness (QED) is 0.415. The number of amides is 1. The molecule has 0 fully saturated rings. The van der Waals surface area contributed by atoms with Crippen LogP contribution in [-0.4, -0.2) is 29.4 Å². The van der Waals surface area contributed by atoms with Gasteiger partial charge in [0.1, 0.15) is 12.4 Å². The summed E-state index contributed by atoms with van der Waals surface area (Å²) in [5.74, 6) is 0.705. The van der Waals surface area contributed by atoms with Crippen molar-refractivity contribution < 1.29 is 19.1 Å². The fourth-order valence-electron chi connectivity index (χ4n) is 3.59. The summed E-state index contributed by atoms with van der Waals surface area (Å²) in [4.78, 5) is 18.2. The van der Waals surface area contributed by atoms with Crippen molar-refractivity contribution >= 4 is 17.5 Å². The summed E-state index contributed by atoms with van der Waals surface area (Å²) >= 11 is 6.08. The maximum Gasteiger partial charge on any atom is 0.249 e. The molecule has 0 aliphatic carbocycles. The Bertz CT molecular complexity index is 1110. The SMILES string of the molecule is COCC(C)(C)n1ncc(Oc2cccc(Cl)c2)c1CC(=O)NOCc1ccc(C)cc1C. The maximum atomic E-state index is 12.8. The van der Waals surface area contributed by atoms with Gasteiger partial charge in [0, 0.05) is 12.1 Å². The number of methoxy groups -OCH3 is 1. The number of aromatic nitrogens is 2. The zero-order valence-corrected chi connectivity index (χ0v) is 20.4. The molecule has 0 radical (unpaired) electrons. The van der Waals surface area contributed by atoms with Crippen LogP contribution in [0.2, 0.25) is 5.02 Å². The van der Waals surface area contributed by atoms with E-state index in [0.717, 1.165) is 11.1 Å². The van der Waals surface area contributed by atoms with Crippen LogP contribution >= 0.6 is 11.6 Å². The fraction of sp³-hybridized carbons (Fsp3) is 0.360. The molecule has 2 aromatic carbocycles. The first kappa shape index (κ1) is 24.8. The van der Waals surface area contributed by atoms with Crippen molar-refractivity contribution in [3.63, 3.8) is 0 Å². The predicted octanol–water partition coefficient (Wildman–Crippen LogP) is 5.12. The molecule has 7 nitrogen and oxygen atoms in total. The molecule has 0 saturated heterocycles. The number of halogens is 1. The van der Waals surface area contributed by atoms with E-state index in [-0.39, 0.29) is 18.9 Å². The minimum atomic E-state index is -0.500. The number of rotatable bonds is 10. The standard InChI is InChI=1S/C25H30ClN3O4/c1-17-9-10-19(18(2)11-17)15-32-28-24(30)13-22-23(33-21-8-6-7-20(26)12-21)14-27-29(22)25(3,4)16-31-5/h6-12,14H,13,15-16H2,1-5H3,(H,28,30). The average molecular weight is 472 g/mol. The number of ether oxygens (including phenoxy) is 2. The Morgan fingerprint density at radius 2 is 1.97 bits per heavy atom. The minimum absolute atomic E-state index is 0.00984. The lowest BCUT2D eigenvalue weighted by molar-refractivity contribution is -0.134. The Labute approximate surface area is 199 Å². The lowest BCUT2D eigenvalue weighted by atomic mass is 10.1. The highest BCUT2D eigenvalue weighted by Crippen LogP contribution is 2.30. The first-order valence-electron chi connectivity index (χ1n) is 10.7. The molecule has 8 heteroatoms. The molecule has 0 spiro atoms. The number of hydrogen-bond donors (Lipinski definition) is 1. The van der Waals surface area contributed by atoms with Gasteiger partial charge in [-0.3, -0.25) is 14.3 Å². The molecule has 176 valence electrons. The molecule has 0 bridgehead atoms. The topological polar surface area (TPSA) is 74.6 Å². The summed E-state index contributed by atoms with van der Waals surface area (Å²) < 4.78 is 13.1. The summed E-state index contributed by atoms with van der Waals surface area (Å²) in [5.41, 5.74) is 5.94. The van der Waals surface area contributed by atoms with Gasteiger partial charge >= 0.3 is 0 Å². The monoisotopic (exact) mass is 471 g/mol. The van der Waals surface area contributed by atoms with Gasteiger partial charge in [0.15, 0.2) is 5.75 Å². The first-order valence-corrected chi connectivity index (χ1v) is 11.0. The molecular weight excluding hydrogens is 442 g/mol. The van der Waals surface area contributed by atoms with Crippen molar-refractivity contribution in [2.45, 2.75) is 46.3 Å². The van der Waals surface area contributed by atoms with Gasteiger partial charge < -0.3 is 9.47 Å². The molecule has 0 aliphatic heterocycles. The highest BCUT2D eigenvalue weighted by molar-refractivity contribution is 6.30. The molecule has 0 saturated carbocycles. The number of nitrogens with zero attached hydrogens (tertiary/aromatic N) is 2. The first-order chi connectivity index (χ1) is 15.7. The number of nitrogens with one attached hydrogen (secondary N) is 1. The molecule has 1 amide bonds. The number of benzene rings is 2. The number of aryl methyl sites for hydroxylation is 2. The second kappa shape index (κ2) is 10.8. The van der Waals surface area contributed by atoms with Gasteiger partial charge in [0.25, 0.3) is 0 Å². The van der Waals surface area contributed by atoms with E-state index in [2.05, 4.69) is 16.6 Å². The van der Waals surface area contributed by atoms with Crippen molar-refractivity contribution in [1.29, 1.82) is 0 Å². The Kier molecular flexibility index (Phi) is 8.13. The molecule has 0 atom stereocenters. The molecule has 1 aromatic heterocycles. The van der Waals surface area contributed by atoms with Crippen LogP contribution in [0.1, 0.15) is 36.2 Å². The van der Waals surface area contributed by atoms with Gasteiger partial charge in [-0.1, -0.05) is 41.4 Å². The Morgan fingerprint density at radius 3 is 2.67 bits per heavy atom. The summed E-state index contributed by atoms with van der Waals surface area (Å²) in [5, 5.41) is 5.04. The van der Waals surface area contributed by atoms with Gasteiger partial charge in [-0.25, -0.2) is 5.48 Å². The van der Waals surface area contributed by atoms with E-state index >= 15 is 0 Å². The van der Waals surface area contributed by atoms with Crippen molar-refractivity contribution in [3.8, 4) is 11.5 Å². The lowest BCUT2D eigenvalue weighted by Gasteiger charge is -2.26. The van der Waals surface area contributed by atoms with Gasteiger partial charge in [0.05, 0.1) is 30.5 Å². The van der Waals surface area contributed by atoms with Crippen LogP contribution < -0.4 is 10.2 Å². The van der Waals surface area contributed by atoms with Crippen LogP contribution in [0.5, 0.6) is 11.5 Å². The van der Waals surface area contributed by atoms with E-state index in [9.17, 15) is 4.79 Å². The number of carbonyl (C=O) groups is 1. The predicted molar refractivity (Wildman–Crippen MR) is 128 cm³/mol. The second-order valence-corrected chi connectivity index (χ2v) is 9.03. The number of hydroxylamine groups is 1. The van der Waals surface area contributed by atoms with Crippen LogP contribution in [0, 0.1) is 13.8 Å². The molecule has 1 N–H and O–H groups in total. The molecule has 3 aromatic rings. The van der Waals surface area contributed by atoms with Crippen LogP contribution in [0.3, 0.4) is 0 Å². The van der Waals surface area contributed by atoms with Crippen LogP contribution in [-0.2, 0) is 32.9 Å². The van der Waals surface area contributed by atoms with Crippen molar-refractivity contribution in [2.75, 3.05) is 13.7 Å². The van der Waals surface area contributed by atoms with E-state index < -0.39 is 5.54 Å². The molecule has 1 heterocycles. The van der Waals surface area contributed by atoms with Gasteiger partial charge in [0.2, 0.25) is 5.91 Å². The number of hydrogen-bond acceptors (Lipinski definition) is 5. The minimum Gasteiger partial charge on any atom is -0.454 e. The van der Waals surface area contributed by atoms with E-state index in [1.54, 1.807) is 42.3 Å². The Hall–Kier alpha value is -2.87. The van der Waals surface area contributed by atoms with Crippen LogP contribution in [0.15, 0.2) is 48.7 Å². The molecular formula is C25H30ClN3O4.